The topological polar surface area (TPSA) is 177 Å². The summed E-state index contributed by atoms with van der Waals surface area (Å²) in [6.45, 7) is -1.44. The average molecular weight is 424 g/mol. The monoisotopic (exact) mass is 424 g/mol. The average Bonchev–Trinajstić information content (AvgIpc) is 2.65. The van der Waals surface area contributed by atoms with Gasteiger partial charge in [0.1, 0.15) is 18.5 Å². The minimum absolute atomic E-state index is 0. The zero-order valence-corrected chi connectivity index (χ0v) is 17.9. The second kappa shape index (κ2) is 12.5. The van der Waals surface area contributed by atoms with Crippen LogP contribution in [0.15, 0.2) is 24.3 Å². The van der Waals surface area contributed by atoms with Gasteiger partial charge in [-0.15, -0.1) is 0 Å². The maximum atomic E-state index is 12.1. The van der Waals surface area contributed by atoms with Gasteiger partial charge in [0, 0.05) is 0 Å². The molecule has 0 saturated heterocycles. The number of carbonyl (C=O) groups is 4. The third kappa shape index (κ3) is 8.90. The molecule has 2 unspecified atom stereocenters. The minimum atomic E-state index is -2.73. The van der Waals surface area contributed by atoms with E-state index in [9.17, 15) is 29.4 Å². The van der Waals surface area contributed by atoms with E-state index in [1.54, 1.807) is 0 Å². The Kier molecular flexibility index (Phi) is 11.7. The number of phenolic OH excluding ortho intramolecular Hbond substituents is 1. The quantitative estimate of drug-likeness (QED) is 0.131. The molecule has 0 aliphatic heterocycles. The van der Waals surface area contributed by atoms with E-state index in [1.165, 1.54) is 24.3 Å². The van der Waals surface area contributed by atoms with Crippen LogP contribution in [-0.2, 0) is 28.6 Å². The molecule has 0 radical (unpaired) electrons. The normalized spacial score (nSPS) is 13.2. The third-order valence-corrected chi connectivity index (χ3v) is 3.41. The predicted octanol–water partition coefficient (Wildman–Crippen LogP) is -4.23. The first-order chi connectivity index (χ1) is 13.1. The van der Waals surface area contributed by atoms with Crippen LogP contribution in [0.25, 0.3) is 0 Å². The van der Waals surface area contributed by atoms with Gasteiger partial charge in [-0.05, 0) is 24.3 Å². The van der Waals surface area contributed by atoms with E-state index in [0.717, 1.165) is 7.11 Å². The number of esters is 4. The molecule has 11 nitrogen and oxygen atoms in total. The van der Waals surface area contributed by atoms with Crippen molar-refractivity contribution in [2.24, 2.45) is 0 Å². The molecule has 0 aromatic heterocycles. The number of rotatable bonds is 9. The molecule has 0 aliphatic rings. The van der Waals surface area contributed by atoms with Crippen LogP contribution in [0.2, 0.25) is 0 Å². The number of ether oxygens (including phenoxy) is 3. The molecule has 156 valence electrons. The number of carbonyl (C=O) groups excluding carboxylic acids is 4. The number of phenols is 1. The molecule has 0 heterocycles. The van der Waals surface area contributed by atoms with Crippen LogP contribution in [0.1, 0.15) is 24.6 Å². The largest absolute Gasteiger partial charge is 1.00 e. The smallest absolute Gasteiger partial charge is 1.00 e. The van der Waals surface area contributed by atoms with Crippen LogP contribution in [0, 0.1) is 0 Å². The molecule has 0 aliphatic carbocycles. The Hall–Kier alpha value is -2.02. The molecule has 2 atom stereocenters. The van der Waals surface area contributed by atoms with Crippen LogP contribution in [0.5, 0.6) is 5.75 Å². The van der Waals surface area contributed by atoms with E-state index in [-0.39, 0.29) is 42.3 Å². The van der Waals surface area contributed by atoms with E-state index in [2.05, 4.69) is 14.2 Å². The number of aromatic hydroxyl groups is 1. The number of hydrogen-bond donors (Lipinski definition) is 4. The van der Waals surface area contributed by atoms with E-state index in [0.29, 0.717) is 0 Å². The molecule has 4 N–H and O–H groups in total. The Morgan fingerprint density at radius 2 is 1.66 bits per heavy atom. The summed E-state index contributed by atoms with van der Waals surface area (Å²) in [5.74, 6) is -5.10. The SMILES string of the molecule is COC(=O)CC(O)(CC(=O)OC(=O)c1ccc(O)cc1)C(=O)OCC(O)CO.[H-].[Na+]. The van der Waals surface area contributed by atoms with Gasteiger partial charge in [-0.1, -0.05) is 0 Å². The van der Waals surface area contributed by atoms with Crippen molar-refractivity contribution in [3.63, 3.8) is 0 Å². The summed E-state index contributed by atoms with van der Waals surface area (Å²) in [5.41, 5.74) is -2.81. The number of benzene rings is 1. The summed E-state index contributed by atoms with van der Waals surface area (Å²) in [4.78, 5) is 47.4. The van der Waals surface area contributed by atoms with Gasteiger partial charge in [0.05, 0.1) is 32.1 Å². The zero-order valence-electron chi connectivity index (χ0n) is 16.9. The Labute approximate surface area is 189 Å². The molecular formula is C17H21NaO11. The van der Waals surface area contributed by atoms with Crippen molar-refractivity contribution in [3.8, 4) is 5.75 Å². The molecule has 29 heavy (non-hydrogen) atoms. The Balaban J connectivity index is 0. The van der Waals surface area contributed by atoms with Crippen molar-refractivity contribution in [2.45, 2.75) is 24.5 Å². The van der Waals surface area contributed by atoms with Gasteiger partial charge in [0.15, 0.2) is 5.60 Å². The first-order valence-electron chi connectivity index (χ1n) is 7.90. The van der Waals surface area contributed by atoms with E-state index in [4.69, 9.17) is 10.2 Å². The fourth-order valence-electron chi connectivity index (χ4n) is 1.91. The fraction of sp³-hybridized carbons (Fsp3) is 0.412. The third-order valence-electron chi connectivity index (χ3n) is 3.41. The number of hydrogen-bond acceptors (Lipinski definition) is 11. The summed E-state index contributed by atoms with van der Waals surface area (Å²) < 4.78 is 13.4. The summed E-state index contributed by atoms with van der Waals surface area (Å²) >= 11 is 0. The molecule has 1 aromatic carbocycles. The minimum Gasteiger partial charge on any atom is -1.00 e. The molecule has 1 rings (SSSR count). The Morgan fingerprint density at radius 1 is 1.10 bits per heavy atom. The van der Waals surface area contributed by atoms with E-state index in [1.807, 2.05) is 0 Å². The second-order valence-electron chi connectivity index (χ2n) is 5.70. The first kappa shape index (κ1) is 27.0. The van der Waals surface area contributed by atoms with Crippen LogP contribution in [0.4, 0.5) is 0 Å². The van der Waals surface area contributed by atoms with Crippen LogP contribution in [0.3, 0.4) is 0 Å². The standard InChI is InChI=1S/C17H20O11.Na.H/c1-26-13(21)6-17(25,16(24)27-9-12(20)8-18)7-14(22)28-15(23)10-2-4-11(19)5-3-10;;/h2-5,12,18-20,25H,6-9H2,1H3;;/q;+1;-1. The van der Waals surface area contributed by atoms with E-state index >= 15 is 0 Å². The second-order valence-corrected chi connectivity index (χ2v) is 5.70. The van der Waals surface area contributed by atoms with Gasteiger partial charge >= 0.3 is 53.4 Å². The molecule has 0 fully saturated rings. The van der Waals surface area contributed by atoms with Crippen LogP contribution >= 0.6 is 0 Å². The van der Waals surface area contributed by atoms with Gasteiger partial charge in [0.25, 0.3) is 0 Å². The van der Waals surface area contributed by atoms with Gasteiger partial charge in [-0.2, -0.15) is 0 Å². The van der Waals surface area contributed by atoms with Crippen molar-refractivity contribution in [2.75, 3.05) is 20.3 Å². The van der Waals surface area contributed by atoms with E-state index < -0.39 is 61.6 Å². The first-order valence-corrected chi connectivity index (χ1v) is 7.90. The molecule has 0 bridgehead atoms. The summed E-state index contributed by atoms with van der Waals surface area (Å²) in [7, 11) is 0.982. The van der Waals surface area contributed by atoms with Gasteiger partial charge < -0.3 is 36.1 Å². The summed E-state index contributed by atoms with van der Waals surface area (Å²) in [6, 6.07) is 4.71. The number of aliphatic hydroxyl groups is 3. The van der Waals surface area contributed by atoms with Crippen molar-refractivity contribution < 1.29 is 84.8 Å². The van der Waals surface area contributed by atoms with Gasteiger partial charge in [0.2, 0.25) is 0 Å². The van der Waals surface area contributed by atoms with Crippen molar-refractivity contribution in [1.82, 2.24) is 0 Å². The van der Waals surface area contributed by atoms with Crippen LogP contribution in [-0.4, -0.2) is 76.3 Å². The van der Waals surface area contributed by atoms with Crippen molar-refractivity contribution in [3.05, 3.63) is 29.8 Å². The molecule has 0 amide bonds. The summed E-state index contributed by atoms with van der Waals surface area (Å²) in [5, 5.41) is 37.5. The zero-order chi connectivity index (χ0) is 21.3. The molecular weight excluding hydrogens is 403 g/mol. The predicted molar refractivity (Wildman–Crippen MR) is 89.9 cm³/mol. The molecule has 12 heteroatoms. The molecule has 0 saturated carbocycles. The van der Waals surface area contributed by atoms with Gasteiger partial charge in [-0.3, -0.25) is 9.59 Å². The van der Waals surface area contributed by atoms with Crippen molar-refractivity contribution >= 4 is 23.9 Å². The van der Waals surface area contributed by atoms with Crippen LogP contribution < -0.4 is 29.6 Å². The Morgan fingerprint density at radius 3 is 2.17 bits per heavy atom. The maximum Gasteiger partial charge on any atom is 1.00 e. The molecule has 1 aromatic rings. The fourth-order valence-corrected chi connectivity index (χ4v) is 1.91. The maximum absolute atomic E-state index is 12.1. The summed E-state index contributed by atoms with van der Waals surface area (Å²) in [6.07, 6.45) is -3.55. The number of aliphatic hydroxyl groups excluding tert-OH is 2. The van der Waals surface area contributed by atoms with Crippen molar-refractivity contribution in [1.29, 1.82) is 0 Å². The number of methoxy groups -OCH3 is 1. The van der Waals surface area contributed by atoms with Gasteiger partial charge in [-0.25, -0.2) is 9.59 Å². The Bertz CT molecular complexity index is 725. The molecule has 0 spiro atoms.